The van der Waals surface area contributed by atoms with Gasteiger partial charge in [-0.3, -0.25) is 9.29 Å². The molecule has 35 heavy (non-hydrogen) atoms. The fraction of sp³-hybridized carbons (Fsp3) is 0.409. The number of methoxy groups -OCH3 is 2. The Balaban J connectivity index is 1.76. The van der Waals surface area contributed by atoms with Crippen LogP contribution in [-0.2, 0) is 10.0 Å². The van der Waals surface area contributed by atoms with E-state index in [1.165, 1.54) is 34.8 Å². The summed E-state index contributed by atoms with van der Waals surface area (Å²) >= 11 is 0. The summed E-state index contributed by atoms with van der Waals surface area (Å²) in [7, 11) is 2.32. The molecule has 1 atom stereocenters. The van der Waals surface area contributed by atoms with Crippen LogP contribution in [0.4, 0.5) is 10.7 Å². The predicted octanol–water partition coefficient (Wildman–Crippen LogP) is 2.43. The van der Waals surface area contributed by atoms with Crippen LogP contribution in [0.25, 0.3) is 17.3 Å². The van der Waals surface area contributed by atoms with E-state index in [2.05, 4.69) is 14.9 Å². The molecule has 1 aliphatic rings. The first kappa shape index (κ1) is 24.4. The second kappa shape index (κ2) is 9.86. The number of nitrogens with one attached hydrogen (secondary N) is 1. The van der Waals surface area contributed by atoms with Gasteiger partial charge in [-0.2, -0.15) is 0 Å². The average molecular weight is 505 g/mol. The summed E-state index contributed by atoms with van der Waals surface area (Å²) in [6.45, 7) is 0.573. The SMILES string of the molecule is COc1cccc(OC)c1-n1c(NS(=O)(=O)[C@H]2CCCN(C(=O)N(C)C)C2)nnc1-c1ccco1. The molecule has 4 rings (SSSR count). The van der Waals surface area contributed by atoms with Gasteiger partial charge in [0.15, 0.2) is 5.76 Å². The molecular weight excluding hydrogens is 476 g/mol. The molecule has 0 bridgehead atoms. The lowest BCUT2D eigenvalue weighted by Gasteiger charge is -2.34. The minimum absolute atomic E-state index is 0.0599. The normalized spacial score (nSPS) is 16.1. The van der Waals surface area contributed by atoms with Crippen LogP contribution in [0.15, 0.2) is 41.0 Å². The molecule has 0 radical (unpaired) electrons. The molecule has 13 heteroatoms. The molecule has 1 saturated heterocycles. The maximum Gasteiger partial charge on any atom is 0.319 e. The number of anilines is 1. The van der Waals surface area contributed by atoms with Gasteiger partial charge in [0.2, 0.25) is 21.8 Å². The van der Waals surface area contributed by atoms with Crippen molar-refractivity contribution >= 4 is 22.0 Å². The topological polar surface area (TPSA) is 132 Å². The molecule has 0 aliphatic carbocycles. The van der Waals surface area contributed by atoms with Gasteiger partial charge in [0.05, 0.1) is 25.7 Å². The largest absolute Gasteiger partial charge is 0.494 e. The number of para-hydroxylation sites is 1. The van der Waals surface area contributed by atoms with E-state index in [0.717, 1.165) is 0 Å². The van der Waals surface area contributed by atoms with Gasteiger partial charge < -0.3 is 23.7 Å². The van der Waals surface area contributed by atoms with Crippen LogP contribution in [-0.4, -0.2) is 85.7 Å². The van der Waals surface area contributed by atoms with Crippen molar-refractivity contribution < 1.29 is 27.1 Å². The molecule has 12 nitrogen and oxygen atoms in total. The first-order chi connectivity index (χ1) is 16.8. The summed E-state index contributed by atoms with van der Waals surface area (Å²) in [5.41, 5.74) is 0.402. The molecular formula is C22H28N6O6S. The monoisotopic (exact) mass is 504 g/mol. The number of sulfonamides is 1. The molecule has 1 fully saturated rings. The molecule has 3 heterocycles. The zero-order valence-corrected chi connectivity index (χ0v) is 20.8. The molecule has 0 saturated carbocycles. The van der Waals surface area contributed by atoms with Gasteiger partial charge in [-0.1, -0.05) is 6.07 Å². The van der Waals surface area contributed by atoms with E-state index in [1.807, 2.05) is 0 Å². The number of aromatic nitrogens is 3. The second-order valence-corrected chi connectivity index (χ2v) is 10.2. The van der Waals surface area contributed by atoms with Crippen molar-refractivity contribution in [1.82, 2.24) is 24.6 Å². The standard InChI is InChI=1S/C22H28N6O6S/c1-26(2)22(29)27-12-6-8-15(14-27)35(30,31)25-21-24-23-20(18-11-7-13-34-18)28(21)19-16(32-3)9-5-10-17(19)33-4/h5,7,9-11,13,15H,6,8,12,14H2,1-4H3,(H,24,25)/t15-/m0/s1. The number of nitrogens with zero attached hydrogens (tertiary/aromatic N) is 5. The average Bonchev–Trinajstić information content (AvgIpc) is 3.52. The fourth-order valence-electron chi connectivity index (χ4n) is 4.04. The lowest BCUT2D eigenvalue weighted by molar-refractivity contribution is 0.161. The van der Waals surface area contributed by atoms with Gasteiger partial charge in [-0.25, -0.2) is 13.2 Å². The highest BCUT2D eigenvalue weighted by Crippen LogP contribution is 2.38. The molecule has 1 aliphatic heterocycles. The summed E-state index contributed by atoms with van der Waals surface area (Å²) < 4.78 is 47.6. The molecule has 0 unspecified atom stereocenters. The number of furan rings is 1. The quantitative estimate of drug-likeness (QED) is 0.519. The number of carbonyl (C=O) groups is 1. The smallest absolute Gasteiger partial charge is 0.319 e. The highest BCUT2D eigenvalue weighted by atomic mass is 32.2. The van der Waals surface area contributed by atoms with E-state index in [1.54, 1.807) is 44.4 Å². The van der Waals surface area contributed by atoms with Gasteiger partial charge >= 0.3 is 6.03 Å². The summed E-state index contributed by atoms with van der Waals surface area (Å²) in [5, 5.41) is 7.49. The number of hydrogen-bond acceptors (Lipinski definition) is 8. The van der Waals surface area contributed by atoms with Crippen molar-refractivity contribution in [3.05, 3.63) is 36.6 Å². The number of urea groups is 1. The van der Waals surface area contributed by atoms with Crippen LogP contribution in [0.3, 0.4) is 0 Å². The Labute approximate surface area is 203 Å². The van der Waals surface area contributed by atoms with E-state index in [0.29, 0.717) is 42.3 Å². The lowest BCUT2D eigenvalue weighted by Crippen LogP contribution is -2.49. The number of hydrogen-bond donors (Lipinski definition) is 1. The van der Waals surface area contributed by atoms with Gasteiger partial charge in [-0.05, 0) is 37.1 Å². The third-order valence-electron chi connectivity index (χ3n) is 5.73. The number of ether oxygens (including phenoxy) is 2. The Morgan fingerprint density at radius 1 is 1.14 bits per heavy atom. The highest BCUT2D eigenvalue weighted by Gasteiger charge is 2.35. The van der Waals surface area contributed by atoms with Gasteiger partial charge in [0, 0.05) is 27.2 Å². The van der Waals surface area contributed by atoms with Crippen molar-refractivity contribution in [1.29, 1.82) is 0 Å². The zero-order valence-electron chi connectivity index (χ0n) is 20.0. The lowest BCUT2D eigenvalue weighted by atomic mass is 10.1. The maximum absolute atomic E-state index is 13.5. The number of benzene rings is 1. The molecule has 188 valence electrons. The van der Waals surface area contributed by atoms with Crippen molar-refractivity contribution in [2.45, 2.75) is 18.1 Å². The molecule has 0 spiro atoms. The van der Waals surface area contributed by atoms with E-state index in [9.17, 15) is 13.2 Å². The van der Waals surface area contributed by atoms with E-state index >= 15 is 0 Å². The molecule has 3 aromatic rings. The third kappa shape index (κ3) is 4.76. The van der Waals surface area contributed by atoms with Crippen LogP contribution < -0.4 is 14.2 Å². The number of carbonyl (C=O) groups excluding carboxylic acids is 1. The van der Waals surface area contributed by atoms with Gasteiger partial charge in [0.1, 0.15) is 17.2 Å². The maximum atomic E-state index is 13.5. The first-order valence-corrected chi connectivity index (χ1v) is 12.5. The number of likely N-dealkylation sites (tertiary alicyclic amines) is 1. The highest BCUT2D eigenvalue weighted by molar-refractivity contribution is 7.93. The summed E-state index contributed by atoms with van der Waals surface area (Å²) in [6, 6.07) is 8.33. The van der Waals surface area contributed by atoms with Crippen LogP contribution in [0, 0.1) is 0 Å². The summed E-state index contributed by atoms with van der Waals surface area (Å²) in [4.78, 5) is 15.4. The minimum Gasteiger partial charge on any atom is -0.494 e. The number of amides is 2. The Hall–Kier alpha value is -3.74. The molecule has 2 aromatic heterocycles. The summed E-state index contributed by atoms with van der Waals surface area (Å²) in [6.07, 6.45) is 2.45. The second-order valence-electron chi connectivity index (χ2n) is 8.21. The van der Waals surface area contributed by atoms with Gasteiger partial charge in [0.25, 0.3) is 0 Å². The zero-order chi connectivity index (χ0) is 25.2. The Morgan fingerprint density at radius 2 is 1.86 bits per heavy atom. The van der Waals surface area contributed by atoms with Crippen molar-refractivity contribution in [2.24, 2.45) is 0 Å². The van der Waals surface area contributed by atoms with Crippen LogP contribution in [0.1, 0.15) is 12.8 Å². The minimum atomic E-state index is -3.95. The Kier molecular flexibility index (Phi) is 6.87. The molecule has 1 aromatic carbocycles. The van der Waals surface area contributed by atoms with Crippen LogP contribution in [0.2, 0.25) is 0 Å². The van der Waals surface area contributed by atoms with E-state index in [-0.39, 0.29) is 24.3 Å². The van der Waals surface area contributed by atoms with Crippen molar-refractivity contribution in [2.75, 3.05) is 46.1 Å². The van der Waals surface area contributed by atoms with Crippen molar-refractivity contribution in [3.8, 4) is 28.8 Å². The fourth-order valence-corrected chi connectivity index (χ4v) is 5.44. The van der Waals surface area contributed by atoms with E-state index in [4.69, 9.17) is 13.9 Å². The predicted molar refractivity (Wildman–Crippen MR) is 128 cm³/mol. The molecule has 2 amide bonds. The Morgan fingerprint density at radius 3 is 2.46 bits per heavy atom. The van der Waals surface area contributed by atoms with E-state index < -0.39 is 15.3 Å². The van der Waals surface area contributed by atoms with Gasteiger partial charge in [-0.15, -0.1) is 10.2 Å². The molecule has 1 N–H and O–H groups in total. The third-order valence-corrected chi connectivity index (χ3v) is 7.46. The van der Waals surface area contributed by atoms with Crippen LogP contribution in [0.5, 0.6) is 11.5 Å². The number of rotatable bonds is 7. The van der Waals surface area contributed by atoms with Crippen LogP contribution >= 0.6 is 0 Å². The Bertz CT molecular complexity index is 1270. The van der Waals surface area contributed by atoms with Crippen molar-refractivity contribution in [3.63, 3.8) is 0 Å². The summed E-state index contributed by atoms with van der Waals surface area (Å²) in [5.74, 6) is 1.39. The number of piperidine rings is 1. The first-order valence-electron chi connectivity index (χ1n) is 10.9.